The summed E-state index contributed by atoms with van der Waals surface area (Å²) >= 11 is 0. The first-order valence-corrected chi connectivity index (χ1v) is 12.3. The van der Waals surface area contributed by atoms with Crippen molar-refractivity contribution in [2.24, 2.45) is 15.8 Å². The number of nitriles is 2. The van der Waals surface area contributed by atoms with E-state index < -0.39 is 50.1 Å². The number of nitrogens with zero attached hydrogens (tertiary/aromatic N) is 6. The summed E-state index contributed by atoms with van der Waals surface area (Å²) in [6.07, 6.45) is 1.99. The number of carbonyl (C=O) groups excluding carboxylic acids is 1. The summed E-state index contributed by atoms with van der Waals surface area (Å²) in [5, 5.41) is 19.3. The van der Waals surface area contributed by atoms with Gasteiger partial charge >= 0.3 is 17.1 Å². The Morgan fingerprint density at radius 2 is 0.865 bits per heavy atom. The third kappa shape index (κ3) is 6.96. The molecule has 0 radical (unpaired) electrons. The number of rotatable bonds is 10. The fourth-order valence-electron chi connectivity index (χ4n) is 5.80. The van der Waals surface area contributed by atoms with Gasteiger partial charge in [0, 0.05) is 0 Å². The van der Waals surface area contributed by atoms with E-state index in [-0.39, 0.29) is 19.3 Å². The topological polar surface area (TPSA) is 143 Å². The Morgan fingerprint density at radius 3 is 1.11 bits per heavy atom. The van der Waals surface area contributed by atoms with Crippen molar-refractivity contribution in [3.8, 4) is 12.1 Å². The van der Waals surface area contributed by atoms with Gasteiger partial charge in [-0.1, -0.05) is 0 Å². The molecule has 10 nitrogen and oxygen atoms in total. The van der Waals surface area contributed by atoms with Gasteiger partial charge in [0.1, 0.15) is 0 Å². The molecule has 0 aliphatic heterocycles. The van der Waals surface area contributed by atoms with Crippen LogP contribution in [0.4, 0.5) is 0 Å². The predicted molar refractivity (Wildman–Crippen MR) is 142 cm³/mol. The minimum absolute atomic E-state index is 0.122. The lowest BCUT2D eigenvalue weighted by Gasteiger charge is -2.39. The first kappa shape index (κ1) is 31.8. The van der Waals surface area contributed by atoms with Gasteiger partial charge in [0.25, 0.3) is 0 Å². The molecule has 0 spiro atoms. The Bertz CT molecular complexity index is 1270. The molecule has 0 aliphatic rings. The molecule has 0 atom stereocenters. The molecule has 37 heavy (non-hydrogen) atoms. The highest BCUT2D eigenvalue weighted by Crippen LogP contribution is 2.33. The van der Waals surface area contributed by atoms with E-state index in [1.165, 1.54) is 0 Å². The lowest BCUT2D eigenvalue weighted by molar-refractivity contribution is 0.155. The monoisotopic (exact) mass is 514 g/mol. The van der Waals surface area contributed by atoms with Crippen LogP contribution in [0.5, 0.6) is 0 Å². The van der Waals surface area contributed by atoms with Crippen molar-refractivity contribution in [1.29, 1.82) is 10.5 Å². The van der Waals surface area contributed by atoms with Gasteiger partial charge in [0.2, 0.25) is 6.08 Å². The largest absolute Gasteiger partial charge is 0.337 e. The van der Waals surface area contributed by atoms with E-state index in [0.29, 0.717) is 0 Å². The molecule has 204 valence electrons. The molecular weight excluding hydrogens is 472 g/mol. The third-order valence-electron chi connectivity index (χ3n) is 6.53. The fourth-order valence-corrected chi connectivity index (χ4v) is 5.80. The number of isocyanates is 1. The zero-order valence-corrected chi connectivity index (χ0v) is 24.4. The molecule has 0 fully saturated rings. The van der Waals surface area contributed by atoms with E-state index in [2.05, 4.69) is 17.1 Å². The quantitative estimate of drug-likeness (QED) is 0.343. The van der Waals surface area contributed by atoms with Crippen LogP contribution in [-0.4, -0.2) is 25.3 Å². The molecule has 0 saturated heterocycles. The van der Waals surface area contributed by atoms with Crippen LogP contribution in [0.15, 0.2) is 19.4 Å². The number of aromatic nitrogens is 3. The lowest BCUT2D eigenvalue weighted by Crippen LogP contribution is -2.65. The Balaban J connectivity index is 4.29. The average molecular weight is 515 g/mol. The average Bonchev–Trinajstić information content (AvgIpc) is 2.64. The minimum atomic E-state index is -1.17. The highest BCUT2D eigenvalue weighted by Gasteiger charge is 2.41. The van der Waals surface area contributed by atoms with Crippen molar-refractivity contribution in [3.05, 3.63) is 31.5 Å². The number of hydrogen-bond acceptors (Lipinski definition) is 7. The summed E-state index contributed by atoms with van der Waals surface area (Å²) in [7, 11) is 0. The maximum Gasteiger partial charge on any atom is 0.337 e. The van der Waals surface area contributed by atoms with Gasteiger partial charge in [-0.2, -0.15) is 15.5 Å². The molecule has 0 aliphatic carbocycles. The van der Waals surface area contributed by atoms with Crippen LogP contribution in [0.25, 0.3) is 0 Å². The van der Waals surface area contributed by atoms with Gasteiger partial charge in [-0.05, 0) is 102 Å². The second kappa shape index (κ2) is 9.91. The summed E-state index contributed by atoms with van der Waals surface area (Å²) in [5.41, 5.74) is -8.55. The summed E-state index contributed by atoms with van der Waals surface area (Å²) in [5.74, 6) is 0. The zero-order valence-electron chi connectivity index (χ0n) is 24.4. The van der Waals surface area contributed by atoms with E-state index in [4.69, 9.17) is 0 Å². The molecule has 0 aromatic carbocycles. The van der Waals surface area contributed by atoms with Crippen molar-refractivity contribution in [2.75, 3.05) is 0 Å². The van der Waals surface area contributed by atoms with Crippen LogP contribution in [-0.2, 0) is 21.4 Å². The van der Waals surface area contributed by atoms with Crippen molar-refractivity contribution >= 4 is 6.08 Å². The van der Waals surface area contributed by atoms with E-state index >= 15 is 0 Å². The van der Waals surface area contributed by atoms with Crippen molar-refractivity contribution < 1.29 is 4.79 Å². The molecule has 1 aromatic rings. The second-order valence-electron chi connectivity index (χ2n) is 13.8. The van der Waals surface area contributed by atoms with Gasteiger partial charge < -0.3 is 0 Å². The highest BCUT2D eigenvalue weighted by molar-refractivity contribution is 5.34. The Kier molecular flexibility index (Phi) is 8.52. The van der Waals surface area contributed by atoms with E-state index in [1.54, 1.807) is 89.2 Å². The fraction of sp³-hybridized carbons (Fsp3) is 0.778. The smallest absolute Gasteiger partial charge is 0.247 e. The molecule has 10 heteroatoms. The van der Waals surface area contributed by atoms with Crippen LogP contribution in [0.2, 0.25) is 0 Å². The van der Waals surface area contributed by atoms with E-state index in [1.807, 2.05) is 0 Å². The van der Waals surface area contributed by atoms with Gasteiger partial charge in [-0.3, -0.25) is 0 Å². The molecule has 0 bridgehead atoms. The summed E-state index contributed by atoms with van der Waals surface area (Å²) in [6.45, 7) is 20.4. The molecule has 1 heterocycles. The zero-order chi connectivity index (χ0) is 29.4. The number of hydrogen-bond donors (Lipinski definition) is 0. The third-order valence-corrected chi connectivity index (χ3v) is 6.53. The molecule has 0 N–H and O–H groups in total. The van der Waals surface area contributed by atoms with Crippen molar-refractivity contribution in [2.45, 2.75) is 125 Å². The van der Waals surface area contributed by atoms with Gasteiger partial charge in [-0.15, -0.1) is 0 Å². The first-order chi connectivity index (χ1) is 16.4. The van der Waals surface area contributed by atoms with Gasteiger partial charge in [0.15, 0.2) is 0 Å². The Hall–Kier alpha value is -3.23. The van der Waals surface area contributed by atoms with Crippen LogP contribution in [0.3, 0.4) is 0 Å². The van der Waals surface area contributed by atoms with Crippen LogP contribution < -0.4 is 17.1 Å². The molecular formula is C27H42N6O4. The Morgan fingerprint density at radius 1 is 0.595 bits per heavy atom. The van der Waals surface area contributed by atoms with Crippen molar-refractivity contribution in [1.82, 2.24) is 13.7 Å². The molecule has 0 amide bonds. The second-order valence-corrected chi connectivity index (χ2v) is 13.8. The first-order valence-electron chi connectivity index (χ1n) is 12.3. The van der Waals surface area contributed by atoms with Crippen LogP contribution in [0.1, 0.15) is 102 Å². The lowest BCUT2D eigenvalue weighted by atomic mass is 9.80. The minimum Gasteiger partial charge on any atom is -0.247 e. The van der Waals surface area contributed by atoms with E-state index in [9.17, 15) is 29.7 Å². The SMILES string of the molecule is CC(C)(C#N)CC(C)(C)n1c(=O)n(C(C)(C)CC(C)(C)C#N)c(=O)n(C(C)(C)CC(C)(C)N=C=O)c1=O. The summed E-state index contributed by atoms with van der Waals surface area (Å²) < 4.78 is 3.14. The predicted octanol–water partition coefficient (Wildman–Crippen LogP) is 3.76. The normalized spacial score (nSPS) is 13.5. The van der Waals surface area contributed by atoms with E-state index in [0.717, 1.165) is 13.7 Å². The summed E-state index contributed by atoms with van der Waals surface area (Å²) in [4.78, 5) is 56.8. The molecule has 1 rings (SSSR count). The Labute approximate surface area is 219 Å². The van der Waals surface area contributed by atoms with Crippen LogP contribution >= 0.6 is 0 Å². The maximum atomic E-state index is 14.0. The number of aliphatic imine (C=N–C) groups is 1. The molecule has 0 unspecified atom stereocenters. The van der Waals surface area contributed by atoms with Gasteiger partial charge in [0.05, 0.1) is 45.1 Å². The standard InChI is InChI=1S/C27H42N6O4/c1-22(2,16-28)13-25(7,8)31-19(35)32(26(9,10)14-23(3,4)17-29)21(37)33(20(31)36)27(11,12)15-24(5,6)30-18-34/h13-15H2,1-12H3. The van der Waals surface area contributed by atoms with Gasteiger partial charge in [-0.25, -0.2) is 32.9 Å². The molecule has 1 aromatic heterocycles. The molecule has 0 saturated carbocycles. The highest BCUT2D eigenvalue weighted by atomic mass is 16.2. The van der Waals surface area contributed by atoms with Crippen LogP contribution in [0, 0.1) is 33.5 Å². The maximum absolute atomic E-state index is 14.0. The van der Waals surface area contributed by atoms with Crippen molar-refractivity contribution in [3.63, 3.8) is 0 Å². The summed E-state index contributed by atoms with van der Waals surface area (Å²) in [6, 6.07) is 4.43.